The Labute approximate surface area is 221 Å². The maximum absolute atomic E-state index is 5.84. The van der Waals surface area contributed by atoms with Crippen molar-refractivity contribution >= 4 is 33.4 Å². The first-order valence-corrected chi connectivity index (χ1v) is 12.9. The second-order valence-corrected chi connectivity index (χ2v) is 9.79. The molecule has 1 aliphatic heterocycles. The van der Waals surface area contributed by atoms with Gasteiger partial charge in [-0.3, -0.25) is 0 Å². The third-order valence-electron chi connectivity index (χ3n) is 7.29. The summed E-state index contributed by atoms with van der Waals surface area (Å²) >= 11 is 0. The smallest absolute Gasteiger partial charge is 0.144 e. The number of nitrogens with zero attached hydrogens (tertiary/aromatic N) is 4. The summed E-state index contributed by atoms with van der Waals surface area (Å²) in [4.78, 5) is 15.5. The number of aromatic amines is 1. The Morgan fingerprint density at radius 1 is 1.08 bits per heavy atom. The Bertz CT molecular complexity index is 1610. The van der Waals surface area contributed by atoms with Crippen LogP contribution in [0.5, 0.6) is 5.75 Å². The van der Waals surface area contributed by atoms with E-state index in [1.165, 1.54) is 11.3 Å². The molecule has 0 radical (unpaired) electrons. The van der Waals surface area contributed by atoms with E-state index in [1.807, 2.05) is 26.8 Å². The normalized spacial score (nSPS) is 14.8. The van der Waals surface area contributed by atoms with Gasteiger partial charge in [0.1, 0.15) is 28.8 Å². The molecule has 9 heteroatoms. The second kappa shape index (κ2) is 9.64. The summed E-state index contributed by atoms with van der Waals surface area (Å²) in [5, 5.41) is 9.76. The van der Waals surface area contributed by atoms with Gasteiger partial charge in [-0.25, -0.2) is 9.97 Å². The third-order valence-corrected chi connectivity index (χ3v) is 7.29. The number of fused-ring (bicyclic) bond motifs is 3. The average Bonchev–Trinajstić information content (AvgIpc) is 3.45. The first kappa shape index (κ1) is 24.2. The van der Waals surface area contributed by atoms with Gasteiger partial charge in [-0.05, 0) is 51.5 Å². The van der Waals surface area contributed by atoms with Crippen LogP contribution in [0.3, 0.4) is 0 Å². The number of aromatic nitrogens is 4. The standard InChI is InChI=1S/C29H32N6O3/c1-16(20-8-6-7-9-24(20)35-10-12-37-13-11-35)30-28-27-21-15-25(36-5)22(26-17(2)34-38-18(26)3)14-23(21)33-29(27)32-19(4)31-28/h6-9,14-16H,10-13H2,1-5H3,(H2,30,31,32,33)/t16-/m0/s1. The fraction of sp³-hybridized carbons (Fsp3) is 0.345. The molecule has 0 aliphatic carbocycles. The molecule has 9 nitrogen and oxygen atoms in total. The lowest BCUT2D eigenvalue weighted by Crippen LogP contribution is -2.37. The summed E-state index contributed by atoms with van der Waals surface area (Å²) in [7, 11) is 1.68. The number of benzene rings is 2. The molecule has 38 heavy (non-hydrogen) atoms. The van der Waals surface area contributed by atoms with Crippen LogP contribution in [0.15, 0.2) is 40.9 Å². The number of hydrogen-bond acceptors (Lipinski definition) is 8. The van der Waals surface area contributed by atoms with Gasteiger partial charge >= 0.3 is 0 Å². The van der Waals surface area contributed by atoms with Crippen molar-refractivity contribution in [2.75, 3.05) is 43.6 Å². The van der Waals surface area contributed by atoms with Gasteiger partial charge in [0.15, 0.2) is 0 Å². The zero-order valence-corrected chi connectivity index (χ0v) is 22.4. The number of methoxy groups -OCH3 is 1. The van der Waals surface area contributed by atoms with Gasteiger partial charge in [-0.15, -0.1) is 0 Å². The van der Waals surface area contributed by atoms with Crippen LogP contribution in [-0.4, -0.2) is 53.5 Å². The van der Waals surface area contributed by atoms with Crippen LogP contribution in [0.2, 0.25) is 0 Å². The summed E-state index contributed by atoms with van der Waals surface area (Å²) in [6, 6.07) is 12.7. The number of ether oxygens (including phenoxy) is 2. The lowest BCUT2D eigenvalue weighted by molar-refractivity contribution is 0.122. The van der Waals surface area contributed by atoms with Crippen LogP contribution in [0.25, 0.3) is 33.1 Å². The molecule has 6 rings (SSSR count). The maximum Gasteiger partial charge on any atom is 0.144 e. The summed E-state index contributed by atoms with van der Waals surface area (Å²) in [5.41, 5.74) is 6.86. The molecule has 1 saturated heterocycles. The number of H-pyrrole nitrogens is 1. The van der Waals surface area contributed by atoms with E-state index < -0.39 is 0 Å². The van der Waals surface area contributed by atoms with Gasteiger partial charge in [0.25, 0.3) is 0 Å². The average molecular weight is 513 g/mol. The van der Waals surface area contributed by atoms with E-state index in [0.29, 0.717) is 5.82 Å². The van der Waals surface area contributed by atoms with Crippen LogP contribution in [0.4, 0.5) is 11.5 Å². The first-order valence-electron chi connectivity index (χ1n) is 12.9. The molecule has 5 aromatic rings. The number of nitrogens with one attached hydrogen (secondary N) is 2. The molecule has 1 atom stereocenters. The molecule has 4 heterocycles. The Hall–Kier alpha value is -4.11. The van der Waals surface area contributed by atoms with Crippen LogP contribution in [-0.2, 0) is 4.74 Å². The van der Waals surface area contributed by atoms with Crippen LogP contribution >= 0.6 is 0 Å². The van der Waals surface area contributed by atoms with Gasteiger partial charge < -0.3 is 29.2 Å². The van der Waals surface area contributed by atoms with Crippen LogP contribution in [0.1, 0.15) is 35.8 Å². The molecule has 0 unspecified atom stereocenters. The largest absolute Gasteiger partial charge is 0.496 e. The summed E-state index contributed by atoms with van der Waals surface area (Å²) in [6.45, 7) is 11.2. The molecule has 2 aromatic carbocycles. The van der Waals surface area contributed by atoms with Gasteiger partial charge in [0.2, 0.25) is 0 Å². The molecular formula is C29H32N6O3. The van der Waals surface area contributed by atoms with Gasteiger partial charge in [0, 0.05) is 35.2 Å². The number of anilines is 2. The van der Waals surface area contributed by atoms with E-state index in [2.05, 4.69) is 57.6 Å². The predicted octanol–water partition coefficient (Wildman–Crippen LogP) is 5.71. The maximum atomic E-state index is 5.84. The molecule has 3 aromatic heterocycles. The van der Waals surface area contributed by atoms with Crippen molar-refractivity contribution in [2.45, 2.75) is 33.7 Å². The fourth-order valence-corrected chi connectivity index (χ4v) is 5.50. The molecule has 196 valence electrons. The number of hydrogen-bond donors (Lipinski definition) is 2. The molecule has 0 spiro atoms. The molecule has 0 amide bonds. The Morgan fingerprint density at radius 2 is 1.87 bits per heavy atom. The number of rotatable bonds is 6. The zero-order chi connectivity index (χ0) is 26.4. The molecule has 2 N–H and O–H groups in total. The highest BCUT2D eigenvalue weighted by molar-refractivity contribution is 6.12. The van der Waals surface area contributed by atoms with Gasteiger partial charge in [-0.2, -0.15) is 0 Å². The highest BCUT2D eigenvalue weighted by Gasteiger charge is 2.22. The zero-order valence-electron chi connectivity index (χ0n) is 22.4. The number of para-hydroxylation sites is 1. The van der Waals surface area contributed by atoms with Crippen molar-refractivity contribution in [3.63, 3.8) is 0 Å². The van der Waals surface area contributed by atoms with Crippen molar-refractivity contribution in [3.8, 4) is 16.9 Å². The van der Waals surface area contributed by atoms with Gasteiger partial charge in [-0.1, -0.05) is 23.4 Å². The SMILES string of the molecule is COc1cc2c(cc1-c1c(C)noc1C)[nH]c1nc(C)nc(N[C@@H](C)c3ccccc3N3CCOCC3)c12. The molecular weight excluding hydrogens is 480 g/mol. The minimum absolute atomic E-state index is 0.0139. The minimum atomic E-state index is 0.0139. The molecule has 0 bridgehead atoms. The van der Waals surface area contributed by atoms with E-state index in [-0.39, 0.29) is 6.04 Å². The van der Waals surface area contributed by atoms with E-state index in [0.717, 1.165) is 82.4 Å². The van der Waals surface area contributed by atoms with Crippen molar-refractivity contribution in [3.05, 3.63) is 59.2 Å². The highest BCUT2D eigenvalue weighted by atomic mass is 16.5. The summed E-state index contributed by atoms with van der Waals surface area (Å²) in [5.74, 6) is 2.97. The molecule has 1 fully saturated rings. The Kier molecular flexibility index (Phi) is 6.15. The second-order valence-electron chi connectivity index (χ2n) is 9.79. The first-order chi connectivity index (χ1) is 18.4. The van der Waals surface area contributed by atoms with Crippen LogP contribution in [0, 0.1) is 20.8 Å². The Morgan fingerprint density at radius 3 is 2.61 bits per heavy atom. The monoisotopic (exact) mass is 512 g/mol. The van der Waals surface area contributed by atoms with Crippen LogP contribution < -0.4 is 15.0 Å². The highest BCUT2D eigenvalue weighted by Crippen LogP contribution is 2.41. The van der Waals surface area contributed by atoms with Crippen molar-refractivity contribution in [2.24, 2.45) is 0 Å². The van der Waals surface area contributed by atoms with E-state index in [9.17, 15) is 0 Å². The molecule has 1 aliphatic rings. The van der Waals surface area contributed by atoms with Gasteiger partial charge in [0.05, 0.1) is 43.0 Å². The van der Waals surface area contributed by atoms with E-state index >= 15 is 0 Å². The third kappa shape index (κ3) is 4.12. The predicted molar refractivity (Wildman–Crippen MR) is 149 cm³/mol. The molecule has 0 saturated carbocycles. The fourth-order valence-electron chi connectivity index (χ4n) is 5.50. The summed E-state index contributed by atoms with van der Waals surface area (Å²) < 4.78 is 16.9. The Balaban J connectivity index is 1.45. The quantitative estimate of drug-likeness (QED) is 0.298. The summed E-state index contributed by atoms with van der Waals surface area (Å²) in [6.07, 6.45) is 0. The van der Waals surface area contributed by atoms with E-state index in [1.54, 1.807) is 7.11 Å². The number of aryl methyl sites for hydroxylation is 3. The minimum Gasteiger partial charge on any atom is -0.496 e. The van der Waals surface area contributed by atoms with E-state index in [4.69, 9.17) is 24.0 Å². The lowest BCUT2D eigenvalue weighted by atomic mass is 10.0. The topological polar surface area (TPSA) is 101 Å². The number of morpholine rings is 1. The van der Waals surface area contributed by atoms with Crippen molar-refractivity contribution in [1.82, 2.24) is 20.1 Å². The lowest BCUT2D eigenvalue weighted by Gasteiger charge is -2.32. The van der Waals surface area contributed by atoms with Crippen molar-refractivity contribution in [1.29, 1.82) is 0 Å². The van der Waals surface area contributed by atoms with Crippen molar-refractivity contribution < 1.29 is 14.0 Å².